The van der Waals surface area contributed by atoms with Crippen molar-refractivity contribution in [2.24, 2.45) is 5.41 Å². The van der Waals surface area contributed by atoms with Gasteiger partial charge >= 0.3 is 11.9 Å². The third-order valence-electron chi connectivity index (χ3n) is 4.95. The van der Waals surface area contributed by atoms with Crippen molar-refractivity contribution in [2.75, 3.05) is 6.61 Å². The Kier molecular flexibility index (Phi) is 6.40. The van der Waals surface area contributed by atoms with Crippen molar-refractivity contribution in [2.45, 2.75) is 39.9 Å². The molecule has 0 bridgehead atoms. The molecule has 1 atom stereocenters. The van der Waals surface area contributed by atoms with Gasteiger partial charge in [-0.3, -0.25) is 24.0 Å². The number of hydrogen-bond donors (Lipinski definition) is 1. The second kappa shape index (κ2) is 8.88. The van der Waals surface area contributed by atoms with Gasteiger partial charge < -0.3 is 19.0 Å². The van der Waals surface area contributed by atoms with Crippen LogP contribution in [0.4, 0.5) is 0 Å². The summed E-state index contributed by atoms with van der Waals surface area (Å²) in [6.45, 7) is 3.84. The summed E-state index contributed by atoms with van der Waals surface area (Å²) >= 11 is 0. The summed E-state index contributed by atoms with van der Waals surface area (Å²) in [5.41, 5.74) is -0.702. The van der Waals surface area contributed by atoms with Crippen LogP contribution in [0.1, 0.15) is 76.2 Å². The molecule has 0 fully saturated rings. The van der Waals surface area contributed by atoms with Gasteiger partial charge in [0.15, 0.2) is 23.1 Å². The number of furan rings is 1. The maximum absolute atomic E-state index is 12.6. The number of carbonyl (C=O) groups is 5. The Hall–Kier alpha value is -3.59. The number of fused-ring (bicyclic) bond motifs is 2. The van der Waals surface area contributed by atoms with Gasteiger partial charge in [-0.1, -0.05) is 24.3 Å². The predicted molar refractivity (Wildman–Crippen MR) is 108 cm³/mol. The molecule has 3 rings (SSSR count). The summed E-state index contributed by atoms with van der Waals surface area (Å²) in [6, 6.07) is 7.50. The number of carbonyl (C=O) groups excluding carboxylic acids is 5. The molecule has 0 radical (unpaired) electrons. The van der Waals surface area contributed by atoms with E-state index in [1.807, 2.05) is 0 Å². The van der Waals surface area contributed by atoms with Crippen LogP contribution in [-0.4, -0.2) is 47.3 Å². The highest BCUT2D eigenvalue weighted by Gasteiger charge is 2.34. The molecule has 0 amide bonds. The van der Waals surface area contributed by atoms with Crippen LogP contribution in [-0.2, 0) is 19.1 Å². The molecule has 0 saturated carbocycles. The molecule has 9 heteroatoms. The lowest BCUT2D eigenvalue weighted by molar-refractivity contribution is -0.192. The van der Waals surface area contributed by atoms with Crippen molar-refractivity contribution >= 4 is 29.3 Å². The lowest BCUT2D eigenvalue weighted by Gasteiger charge is -2.22. The van der Waals surface area contributed by atoms with Gasteiger partial charge in [0.1, 0.15) is 0 Å². The van der Waals surface area contributed by atoms with Crippen LogP contribution in [0, 0.1) is 5.41 Å². The lowest BCUT2D eigenvalue weighted by Crippen LogP contribution is -2.34. The summed E-state index contributed by atoms with van der Waals surface area (Å²) in [5, 5.41) is 9.16. The first-order chi connectivity index (χ1) is 15.0. The van der Waals surface area contributed by atoms with Gasteiger partial charge in [0, 0.05) is 24.5 Å². The van der Waals surface area contributed by atoms with Crippen molar-refractivity contribution in [1.29, 1.82) is 0 Å². The monoisotopic (exact) mass is 442 g/mol. The largest absolute Gasteiger partial charge is 0.449 e. The van der Waals surface area contributed by atoms with Crippen molar-refractivity contribution in [1.82, 2.24) is 0 Å². The Labute approximate surface area is 183 Å². The number of Topliss-reactive ketones (excluding diaryl/α,β-unsaturated/α-hetero) is 1. The van der Waals surface area contributed by atoms with E-state index in [0.717, 1.165) is 0 Å². The van der Waals surface area contributed by atoms with Crippen molar-refractivity contribution in [3.05, 3.63) is 58.5 Å². The fraction of sp³-hybridized carbons (Fsp3) is 0.348. The Balaban J connectivity index is 1.60. The minimum atomic E-state index is -1.21. The van der Waals surface area contributed by atoms with Crippen LogP contribution in [0.15, 0.2) is 34.7 Å². The fourth-order valence-electron chi connectivity index (χ4n) is 2.99. The Morgan fingerprint density at radius 3 is 2.25 bits per heavy atom. The normalized spacial score (nSPS) is 13.8. The molecule has 2 aromatic rings. The summed E-state index contributed by atoms with van der Waals surface area (Å²) in [7, 11) is 0. The minimum Gasteiger partial charge on any atom is -0.449 e. The van der Waals surface area contributed by atoms with Crippen LogP contribution in [0.2, 0.25) is 0 Å². The van der Waals surface area contributed by atoms with E-state index in [9.17, 15) is 24.0 Å². The highest BCUT2D eigenvalue weighted by atomic mass is 16.7. The van der Waals surface area contributed by atoms with Crippen molar-refractivity contribution < 1.29 is 43.0 Å². The molecule has 0 aliphatic heterocycles. The molecule has 0 spiro atoms. The van der Waals surface area contributed by atoms with Gasteiger partial charge in [-0.05, 0) is 19.9 Å². The first-order valence-corrected chi connectivity index (χ1v) is 9.92. The second-order valence-electron chi connectivity index (χ2n) is 7.99. The average molecular weight is 442 g/mol. The van der Waals surface area contributed by atoms with E-state index in [0.29, 0.717) is 0 Å². The van der Waals surface area contributed by atoms with Crippen molar-refractivity contribution in [3.63, 3.8) is 0 Å². The summed E-state index contributed by atoms with van der Waals surface area (Å²) < 4.78 is 15.3. The van der Waals surface area contributed by atoms with E-state index in [2.05, 4.69) is 0 Å². The van der Waals surface area contributed by atoms with Crippen LogP contribution in [0.3, 0.4) is 0 Å². The lowest BCUT2D eigenvalue weighted by atomic mass is 9.88. The molecule has 1 heterocycles. The Morgan fingerprint density at radius 2 is 1.62 bits per heavy atom. The highest BCUT2D eigenvalue weighted by molar-refractivity contribution is 6.27. The summed E-state index contributed by atoms with van der Waals surface area (Å²) in [4.78, 5) is 61.5. The third kappa shape index (κ3) is 4.52. The van der Waals surface area contributed by atoms with Gasteiger partial charge in [0.05, 0.1) is 24.0 Å². The molecule has 168 valence electrons. The number of esters is 2. The van der Waals surface area contributed by atoms with Crippen LogP contribution < -0.4 is 0 Å². The van der Waals surface area contributed by atoms with Gasteiger partial charge in [-0.25, -0.2) is 0 Å². The smallest absolute Gasteiger partial charge is 0.316 e. The molecular weight excluding hydrogens is 420 g/mol. The van der Waals surface area contributed by atoms with Crippen LogP contribution >= 0.6 is 0 Å². The zero-order valence-electron chi connectivity index (χ0n) is 17.8. The topological polar surface area (TPSA) is 137 Å². The number of hydrogen-bond acceptors (Lipinski definition) is 9. The van der Waals surface area contributed by atoms with E-state index in [4.69, 9.17) is 19.0 Å². The molecule has 1 aromatic heterocycles. The van der Waals surface area contributed by atoms with E-state index in [1.54, 1.807) is 12.1 Å². The van der Waals surface area contributed by atoms with E-state index >= 15 is 0 Å². The van der Waals surface area contributed by atoms with Gasteiger partial charge in [-0.2, -0.15) is 0 Å². The SMILES string of the molecule is CC(OC(=O)CCC(=O)c1cc2c(o1)C(=O)c1ccccc1C2=O)OC(=O)C(C)(C)CO. The zero-order chi connectivity index (χ0) is 23.6. The second-order valence-corrected chi connectivity index (χ2v) is 7.99. The molecule has 1 aliphatic carbocycles. The Morgan fingerprint density at radius 1 is 1.00 bits per heavy atom. The maximum Gasteiger partial charge on any atom is 0.316 e. The molecule has 32 heavy (non-hydrogen) atoms. The van der Waals surface area contributed by atoms with E-state index in [-0.39, 0.29) is 41.1 Å². The third-order valence-corrected chi connectivity index (χ3v) is 4.95. The Bertz CT molecular complexity index is 1050. The fourth-order valence-corrected chi connectivity index (χ4v) is 2.99. The van der Waals surface area contributed by atoms with E-state index < -0.39 is 47.6 Å². The van der Waals surface area contributed by atoms with Crippen LogP contribution in [0.5, 0.6) is 0 Å². The number of ketones is 3. The molecule has 1 unspecified atom stereocenters. The van der Waals surface area contributed by atoms with Gasteiger partial charge in [0.25, 0.3) is 0 Å². The molecule has 1 aromatic carbocycles. The molecule has 9 nitrogen and oxygen atoms in total. The standard InChI is InChI=1S/C23H22O9/c1-12(31-22(29)23(2,3)11-24)30-18(26)9-8-16(25)17-10-15-19(27)13-6-4-5-7-14(13)20(28)21(15)32-17/h4-7,10,12,24H,8-9,11H2,1-3H3. The molecular formula is C23H22O9. The van der Waals surface area contributed by atoms with Gasteiger partial charge in [0.2, 0.25) is 12.1 Å². The zero-order valence-corrected chi connectivity index (χ0v) is 17.8. The summed E-state index contributed by atoms with van der Waals surface area (Å²) in [6.07, 6.45) is -1.85. The maximum atomic E-state index is 12.6. The predicted octanol–water partition coefficient (Wildman–Crippen LogP) is 2.47. The summed E-state index contributed by atoms with van der Waals surface area (Å²) in [5.74, 6) is -3.45. The highest BCUT2D eigenvalue weighted by Crippen LogP contribution is 2.30. The molecule has 1 N–H and O–H groups in total. The van der Waals surface area contributed by atoms with Gasteiger partial charge in [-0.15, -0.1) is 0 Å². The molecule has 0 saturated heterocycles. The first-order valence-electron chi connectivity index (χ1n) is 9.92. The number of rotatable bonds is 8. The number of aliphatic hydroxyl groups excluding tert-OH is 1. The van der Waals surface area contributed by atoms with Crippen LogP contribution in [0.25, 0.3) is 0 Å². The average Bonchev–Trinajstić information content (AvgIpc) is 3.21. The number of ether oxygens (including phenoxy) is 2. The number of benzene rings is 1. The quantitative estimate of drug-likeness (QED) is 0.317. The van der Waals surface area contributed by atoms with E-state index in [1.165, 1.54) is 39.0 Å². The molecule has 1 aliphatic rings. The van der Waals surface area contributed by atoms with Crippen molar-refractivity contribution in [3.8, 4) is 0 Å². The number of aliphatic hydroxyl groups is 1. The first kappa shape index (κ1) is 23.1. The minimum absolute atomic E-state index is 0.00617.